The normalized spacial score (nSPS) is 25.2. The molecule has 0 saturated carbocycles. The number of nitrogens with one attached hydrogen (secondary N) is 1. The van der Waals surface area contributed by atoms with Gasteiger partial charge in [0.1, 0.15) is 0 Å². The van der Waals surface area contributed by atoms with Crippen LogP contribution in [-0.2, 0) is 6.42 Å². The van der Waals surface area contributed by atoms with E-state index >= 15 is 0 Å². The molecule has 1 heteroatoms. The standard InChI is InChI=1S/C16H25N/c1-12(2)10-14-7-4-8-15(11-14)16-13(3)6-5-9-17-16/h4,7-8,11-13,16-17H,5-6,9-10H2,1-3H3. The first-order chi connectivity index (χ1) is 8.16. The quantitative estimate of drug-likeness (QED) is 0.830. The van der Waals surface area contributed by atoms with Crippen LogP contribution in [-0.4, -0.2) is 6.54 Å². The van der Waals surface area contributed by atoms with Crippen molar-refractivity contribution in [3.8, 4) is 0 Å². The third-order valence-electron chi connectivity index (χ3n) is 3.72. The maximum Gasteiger partial charge on any atom is 0.0346 e. The van der Waals surface area contributed by atoms with Crippen LogP contribution in [0.2, 0.25) is 0 Å². The molecule has 1 heterocycles. The van der Waals surface area contributed by atoms with Gasteiger partial charge in [-0.1, -0.05) is 45.0 Å². The molecule has 2 unspecified atom stereocenters. The van der Waals surface area contributed by atoms with E-state index in [1.165, 1.54) is 36.9 Å². The van der Waals surface area contributed by atoms with Crippen LogP contribution in [0.25, 0.3) is 0 Å². The molecule has 1 N–H and O–H groups in total. The summed E-state index contributed by atoms with van der Waals surface area (Å²) in [6.07, 6.45) is 3.87. The molecule has 17 heavy (non-hydrogen) atoms. The number of piperidine rings is 1. The molecule has 94 valence electrons. The predicted octanol–water partition coefficient (Wildman–Crippen LogP) is 3.95. The molecule has 1 aromatic rings. The third kappa shape index (κ3) is 3.32. The first-order valence-corrected chi connectivity index (χ1v) is 6.99. The van der Waals surface area contributed by atoms with Gasteiger partial charge in [-0.3, -0.25) is 0 Å². The van der Waals surface area contributed by atoms with Gasteiger partial charge in [0.15, 0.2) is 0 Å². The van der Waals surface area contributed by atoms with Gasteiger partial charge >= 0.3 is 0 Å². The predicted molar refractivity (Wildman–Crippen MR) is 74.1 cm³/mol. The number of hydrogen-bond donors (Lipinski definition) is 1. The molecule has 1 saturated heterocycles. The zero-order valence-electron chi connectivity index (χ0n) is 11.4. The fourth-order valence-corrected chi connectivity index (χ4v) is 2.88. The highest BCUT2D eigenvalue weighted by Gasteiger charge is 2.22. The average Bonchev–Trinajstić information content (AvgIpc) is 2.29. The lowest BCUT2D eigenvalue weighted by molar-refractivity contribution is 0.305. The Morgan fingerprint density at radius 3 is 2.88 bits per heavy atom. The Bertz CT molecular complexity index is 356. The van der Waals surface area contributed by atoms with E-state index < -0.39 is 0 Å². The summed E-state index contributed by atoms with van der Waals surface area (Å²) in [7, 11) is 0. The highest BCUT2D eigenvalue weighted by molar-refractivity contribution is 5.27. The SMILES string of the molecule is CC(C)Cc1cccc(C2NCCCC2C)c1. The highest BCUT2D eigenvalue weighted by atomic mass is 14.9. The summed E-state index contributed by atoms with van der Waals surface area (Å²) in [5.74, 6) is 1.50. The Morgan fingerprint density at radius 2 is 2.18 bits per heavy atom. The molecule has 0 amide bonds. The monoisotopic (exact) mass is 231 g/mol. The molecule has 0 spiro atoms. The van der Waals surface area contributed by atoms with Crippen molar-refractivity contribution in [1.29, 1.82) is 0 Å². The highest BCUT2D eigenvalue weighted by Crippen LogP contribution is 2.29. The van der Waals surface area contributed by atoms with Gasteiger partial charge in [-0.15, -0.1) is 0 Å². The van der Waals surface area contributed by atoms with Crippen molar-refractivity contribution in [2.75, 3.05) is 6.54 Å². The van der Waals surface area contributed by atoms with Crippen LogP contribution < -0.4 is 5.32 Å². The van der Waals surface area contributed by atoms with Crippen LogP contribution in [0.3, 0.4) is 0 Å². The van der Waals surface area contributed by atoms with Crippen molar-refractivity contribution in [3.63, 3.8) is 0 Å². The second-order valence-corrected chi connectivity index (χ2v) is 5.89. The van der Waals surface area contributed by atoms with Gasteiger partial charge in [-0.25, -0.2) is 0 Å². The van der Waals surface area contributed by atoms with E-state index in [0.717, 1.165) is 11.8 Å². The lowest BCUT2D eigenvalue weighted by Crippen LogP contribution is -2.32. The second-order valence-electron chi connectivity index (χ2n) is 5.89. The molecule has 1 nitrogen and oxygen atoms in total. The number of hydrogen-bond acceptors (Lipinski definition) is 1. The van der Waals surface area contributed by atoms with Gasteiger partial charge in [-0.05, 0) is 48.8 Å². The molecule has 0 bridgehead atoms. The minimum Gasteiger partial charge on any atom is -0.310 e. The number of benzene rings is 1. The molecule has 1 aromatic carbocycles. The summed E-state index contributed by atoms with van der Waals surface area (Å²) in [4.78, 5) is 0. The molecular formula is C16H25N. The molecule has 1 aliphatic heterocycles. The van der Waals surface area contributed by atoms with E-state index in [4.69, 9.17) is 0 Å². The Labute approximate surface area is 106 Å². The van der Waals surface area contributed by atoms with Crippen LogP contribution >= 0.6 is 0 Å². The van der Waals surface area contributed by atoms with Gasteiger partial charge in [0.05, 0.1) is 0 Å². The van der Waals surface area contributed by atoms with Gasteiger partial charge < -0.3 is 5.32 Å². The van der Waals surface area contributed by atoms with Gasteiger partial charge in [0, 0.05) is 6.04 Å². The zero-order chi connectivity index (χ0) is 12.3. The molecule has 1 aliphatic rings. The Kier molecular flexibility index (Phi) is 4.22. The summed E-state index contributed by atoms with van der Waals surface area (Å²) in [6.45, 7) is 8.11. The van der Waals surface area contributed by atoms with E-state index in [1.54, 1.807) is 0 Å². The van der Waals surface area contributed by atoms with Gasteiger partial charge in [0.25, 0.3) is 0 Å². The summed E-state index contributed by atoms with van der Waals surface area (Å²) >= 11 is 0. The molecule has 0 radical (unpaired) electrons. The molecule has 2 rings (SSSR count). The van der Waals surface area contributed by atoms with E-state index in [1.807, 2.05) is 0 Å². The summed E-state index contributed by atoms with van der Waals surface area (Å²) in [6, 6.07) is 9.73. The summed E-state index contributed by atoms with van der Waals surface area (Å²) in [5.41, 5.74) is 2.97. The maximum atomic E-state index is 3.67. The topological polar surface area (TPSA) is 12.0 Å². The van der Waals surface area contributed by atoms with E-state index in [9.17, 15) is 0 Å². The Balaban J connectivity index is 2.14. The van der Waals surface area contributed by atoms with Crippen molar-refractivity contribution in [2.24, 2.45) is 11.8 Å². The lowest BCUT2D eigenvalue weighted by Gasteiger charge is -2.30. The fourth-order valence-electron chi connectivity index (χ4n) is 2.88. The molecule has 0 aromatic heterocycles. The van der Waals surface area contributed by atoms with Crippen molar-refractivity contribution in [1.82, 2.24) is 5.32 Å². The third-order valence-corrected chi connectivity index (χ3v) is 3.72. The van der Waals surface area contributed by atoms with E-state index in [0.29, 0.717) is 6.04 Å². The summed E-state index contributed by atoms with van der Waals surface area (Å²) < 4.78 is 0. The minimum atomic E-state index is 0.566. The molecule has 1 fully saturated rings. The molecule has 0 aliphatic carbocycles. The van der Waals surface area contributed by atoms with Crippen LogP contribution in [0.4, 0.5) is 0 Å². The minimum absolute atomic E-state index is 0.566. The maximum absolute atomic E-state index is 3.67. The number of rotatable bonds is 3. The largest absolute Gasteiger partial charge is 0.310 e. The van der Waals surface area contributed by atoms with Crippen LogP contribution in [0.15, 0.2) is 24.3 Å². The van der Waals surface area contributed by atoms with E-state index in [-0.39, 0.29) is 0 Å². The van der Waals surface area contributed by atoms with Crippen molar-refractivity contribution < 1.29 is 0 Å². The first kappa shape index (κ1) is 12.6. The Hall–Kier alpha value is -0.820. The Morgan fingerprint density at radius 1 is 1.35 bits per heavy atom. The fraction of sp³-hybridized carbons (Fsp3) is 0.625. The van der Waals surface area contributed by atoms with E-state index in [2.05, 4.69) is 50.4 Å². The van der Waals surface area contributed by atoms with Crippen LogP contribution in [0, 0.1) is 11.8 Å². The average molecular weight is 231 g/mol. The van der Waals surface area contributed by atoms with Crippen LogP contribution in [0.1, 0.15) is 50.8 Å². The van der Waals surface area contributed by atoms with Gasteiger partial charge in [-0.2, -0.15) is 0 Å². The molecular weight excluding hydrogens is 206 g/mol. The van der Waals surface area contributed by atoms with Crippen molar-refractivity contribution in [3.05, 3.63) is 35.4 Å². The summed E-state index contributed by atoms with van der Waals surface area (Å²) in [5, 5.41) is 3.67. The smallest absolute Gasteiger partial charge is 0.0346 e. The van der Waals surface area contributed by atoms with Crippen molar-refractivity contribution in [2.45, 2.75) is 46.1 Å². The second kappa shape index (κ2) is 5.68. The first-order valence-electron chi connectivity index (χ1n) is 6.99. The van der Waals surface area contributed by atoms with Gasteiger partial charge in [0.2, 0.25) is 0 Å². The van der Waals surface area contributed by atoms with Crippen molar-refractivity contribution >= 4 is 0 Å². The lowest BCUT2D eigenvalue weighted by atomic mass is 9.86. The molecule has 2 atom stereocenters. The zero-order valence-corrected chi connectivity index (χ0v) is 11.4. The van der Waals surface area contributed by atoms with Crippen LogP contribution in [0.5, 0.6) is 0 Å².